The standard InChI is InChI=1S/C11H15NO5S2/c1-7-5-9(18-10(7)11(14)15)19(16,17)12-4-2-3-8(13)6-12/h5,8,13H,2-4,6H2,1H3,(H,14,15)/t8-/m0/s1. The van der Waals surface area contributed by atoms with Gasteiger partial charge < -0.3 is 10.2 Å². The molecule has 2 rings (SSSR count). The zero-order valence-corrected chi connectivity index (χ0v) is 12.0. The minimum absolute atomic E-state index is 0.0245. The molecule has 0 bridgehead atoms. The minimum Gasteiger partial charge on any atom is -0.477 e. The number of hydrogen-bond acceptors (Lipinski definition) is 5. The summed E-state index contributed by atoms with van der Waals surface area (Å²) in [4.78, 5) is 11.0. The van der Waals surface area contributed by atoms with Gasteiger partial charge in [0.05, 0.1) is 6.10 Å². The molecule has 8 heteroatoms. The van der Waals surface area contributed by atoms with E-state index in [0.717, 1.165) is 11.3 Å². The highest BCUT2D eigenvalue weighted by Crippen LogP contribution is 2.29. The van der Waals surface area contributed by atoms with Crippen LogP contribution in [0.3, 0.4) is 0 Å². The van der Waals surface area contributed by atoms with Crippen LogP contribution in [0.4, 0.5) is 0 Å². The van der Waals surface area contributed by atoms with Crippen molar-refractivity contribution in [3.05, 3.63) is 16.5 Å². The van der Waals surface area contributed by atoms with Crippen molar-refractivity contribution >= 4 is 27.3 Å². The number of carboxylic acid groups (broad SMARTS) is 1. The van der Waals surface area contributed by atoms with Crippen LogP contribution in [0, 0.1) is 6.92 Å². The highest BCUT2D eigenvalue weighted by Gasteiger charge is 2.31. The van der Waals surface area contributed by atoms with Crippen molar-refractivity contribution in [3.63, 3.8) is 0 Å². The molecule has 19 heavy (non-hydrogen) atoms. The van der Waals surface area contributed by atoms with Crippen molar-refractivity contribution in [2.24, 2.45) is 0 Å². The topological polar surface area (TPSA) is 94.9 Å². The lowest BCUT2D eigenvalue weighted by atomic mass is 10.1. The lowest BCUT2D eigenvalue weighted by Crippen LogP contribution is -2.41. The van der Waals surface area contributed by atoms with Crippen LogP contribution in [-0.4, -0.2) is 48.1 Å². The molecule has 1 aliphatic rings. The minimum atomic E-state index is -3.70. The Hall–Kier alpha value is -0.960. The quantitative estimate of drug-likeness (QED) is 0.865. The SMILES string of the molecule is Cc1cc(S(=O)(=O)N2CCC[C@H](O)C2)sc1C(=O)O. The zero-order valence-electron chi connectivity index (χ0n) is 10.4. The van der Waals surface area contributed by atoms with E-state index in [1.54, 1.807) is 6.92 Å². The number of carboxylic acids is 1. The van der Waals surface area contributed by atoms with E-state index in [9.17, 15) is 18.3 Å². The molecule has 106 valence electrons. The Morgan fingerprint density at radius 3 is 2.74 bits per heavy atom. The first-order chi connectivity index (χ1) is 8.82. The molecule has 0 saturated carbocycles. The Bertz CT molecular complexity index is 592. The summed E-state index contributed by atoms with van der Waals surface area (Å²) in [7, 11) is -3.70. The van der Waals surface area contributed by atoms with Crippen molar-refractivity contribution < 1.29 is 23.4 Å². The highest BCUT2D eigenvalue weighted by atomic mass is 32.2. The van der Waals surface area contributed by atoms with Crippen molar-refractivity contribution in [2.45, 2.75) is 30.1 Å². The van der Waals surface area contributed by atoms with Crippen LogP contribution >= 0.6 is 11.3 Å². The van der Waals surface area contributed by atoms with Gasteiger partial charge in [0.25, 0.3) is 10.0 Å². The molecule has 0 aromatic carbocycles. The van der Waals surface area contributed by atoms with Gasteiger partial charge in [-0.3, -0.25) is 0 Å². The molecule has 0 spiro atoms. The summed E-state index contributed by atoms with van der Waals surface area (Å²) in [6.45, 7) is 2.00. The van der Waals surface area contributed by atoms with Gasteiger partial charge in [-0.1, -0.05) is 0 Å². The summed E-state index contributed by atoms with van der Waals surface area (Å²) < 4.78 is 26.0. The smallest absolute Gasteiger partial charge is 0.346 e. The molecule has 6 nitrogen and oxygen atoms in total. The van der Waals surface area contributed by atoms with Crippen molar-refractivity contribution in [3.8, 4) is 0 Å². The highest BCUT2D eigenvalue weighted by molar-refractivity contribution is 7.91. The fourth-order valence-corrected chi connectivity index (χ4v) is 5.11. The van der Waals surface area contributed by atoms with Gasteiger partial charge in [0.1, 0.15) is 9.09 Å². The maximum absolute atomic E-state index is 12.4. The zero-order chi connectivity index (χ0) is 14.2. The van der Waals surface area contributed by atoms with E-state index < -0.39 is 22.1 Å². The summed E-state index contributed by atoms with van der Waals surface area (Å²) in [6, 6.07) is 1.38. The van der Waals surface area contributed by atoms with E-state index in [4.69, 9.17) is 5.11 Å². The van der Waals surface area contributed by atoms with E-state index in [1.807, 2.05) is 0 Å². The maximum Gasteiger partial charge on any atom is 0.346 e. The van der Waals surface area contributed by atoms with E-state index in [-0.39, 0.29) is 15.6 Å². The monoisotopic (exact) mass is 305 g/mol. The van der Waals surface area contributed by atoms with Crippen molar-refractivity contribution in [2.75, 3.05) is 13.1 Å². The van der Waals surface area contributed by atoms with Gasteiger partial charge in [0.15, 0.2) is 0 Å². The lowest BCUT2D eigenvalue weighted by molar-refractivity contribution is 0.0701. The number of nitrogens with zero attached hydrogens (tertiary/aromatic N) is 1. The molecule has 1 saturated heterocycles. The third-order valence-corrected chi connectivity index (χ3v) is 6.58. The first-order valence-corrected chi connectivity index (χ1v) is 8.10. The first kappa shape index (κ1) is 14.4. The molecule has 1 aromatic heterocycles. The van der Waals surface area contributed by atoms with Crippen LogP contribution in [0.2, 0.25) is 0 Å². The van der Waals surface area contributed by atoms with E-state index in [0.29, 0.717) is 24.9 Å². The number of hydrogen-bond donors (Lipinski definition) is 2. The Balaban J connectivity index is 2.34. The third kappa shape index (κ3) is 2.81. The number of aromatic carboxylic acids is 1. The number of thiophene rings is 1. The Morgan fingerprint density at radius 2 is 2.21 bits per heavy atom. The number of aryl methyl sites for hydroxylation is 1. The van der Waals surface area contributed by atoms with Gasteiger partial charge in [0, 0.05) is 13.1 Å². The summed E-state index contributed by atoms with van der Waals surface area (Å²) in [5, 5.41) is 18.5. The van der Waals surface area contributed by atoms with E-state index >= 15 is 0 Å². The van der Waals surface area contributed by atoms with Crippen LogP contribution in [0.1, 0.15) is 28.1 Å². The van der Waals surface area contributed by atoms with E-state index in [2.05, 4.69) is 0 Å². The van der Waals surface area contributed by atoms with Crippen LogP contribution in [0.5, 0.6) is 0 Å². The predicted octanol–water partition coefficient (Wildman–Crippen LogP) is 0.900. The molecular formula is C11H15NO5S2. The lowest BCUT2D eigenvalue weighted by Gasteiger charge is -2.28. The fraction of sp³-hybridized carbons (Fsp3) is 0.545. The number of aliphatic hydroxyl groups excluding tert-OH is 1. The number of rotatable bonds is 3. The predicted molar refractivity (Wildman–Crippen MR) is 70.0 cm³/mol. The van der Waals surface area contributed by atoms with Crippen LogP contribution in [-0.2, 0) is 10.0 Å². The fourth-order valence-electron chi connectivity index (χ4n) is 2.06. The Kier molecular flexibility index (Phi) is 3.95. The molecule has 0 unspecified atom stereocenters. The number of piperidine rings is 1. The molecule has 0 radical (unpaired) electrons. The molecule has 1 aliphatic heterocycles. The van der Waals surface area contributed by atoms with Crippen LogP contribution in [0.15, 0.2) is 10.3 Å². The number of sulfonamides is 1. The molecule has 1 aromatic rings. The molecular weight excluding hydrogens is 290 g/mol. The van der Waals surface area contributed by atoms with Gasteiger partial charge in [-0.15, -0.1) is 11.3 Å². The summed E-state index contributed by atoms with van der Waals surface area (Å²) in [5.41, 5.74) is 0.439. The molecule has 1 fully saturated rings. The van der Waals surface area contributed by atoms with Crippen molar-refractivity contribution in [1.82, 2.24) is 4.31 Å². The first-order valence-electron chi connectivity index (χ1n) is 5.84. The van der Waals surface area contributed by atoms with Gasteiger partial charge in [0.2, 0.25) is 0 Å². The Morgan fingerprint density at radius 1 is 1.53 bits per heavy atom. The van der Waals surface area contributed by atoms with Gasteiger partial charge in [-0.05, 0) is 31.4 Å². The summed E-state index contributed by atoms with van der Waals surface area (Å²) >= 11 is 0.759. The summed E-state index contributed by atoms with van der Waals surface area (Å²) in [6.07, 6.45) is 0.551. The number of β-amino-alcohol motifs (C(OH)–C–C–N with tert-alkyl or cyclic N) is 1. The maximum atomic E-state index is 12.4. The van der Waals surface area contributed by atoms with Gasteiger partial charge >= 0.3 is 5.97 Å². The molecule has 2 N–H and O–H groups in total. The second-order valence-corrected chi connectivity index (χ2v) is 7.76. The average molecular weight is 305 g/mol. The molecule has 0 amide bonds. The third-order valence-electron chi connectivity index (χ3n) is 3.04. The molecule has 2 heterocycles. The van der Waals surface area contributed by atoms with Crippen LogP contribution < -0.4 is 0 Å². The summed E-state index contributed by atoms with van der Waals surface area (Å²) in [5.74, 6) is -1.12. The number of carbonyl (C=O) groups is 1. The average Bonchev–Trinajstić information content (AvgIpc) is 2.72. The molecule has 1 atom stereocenters. The van der Waals surface area contributed by atoms with E-state index in [1.165, 1.54) is 10.4 Å². The number of aliphatic hydroxyl groups is 1. The van der Waals surface area contributed by atoms with Gasteiger partial charge in [-0.25, -0.2) is 13.2 Å². The normalized spacial score (nSPS) is 21.5. The second-order valence-electron chi connectivity index (χ2n) is 4.54. The largest absolute Gasteiger partial charge is 0.477 e. The second kappa shape index (κ2) is 5.20. The molecule has 0 aliphatic carbocycles. The van der Waals surface area contributed by atoms with Crippen molar-refractivity contribution in [1.29, 1.82) is 0 Å². The van der Waals surface area contributed by atoms with Gasteiger partial charge in [-0.2, -0.15) is 4.31 Å². The Labute approximate surface area is 115 Å². The van der Waals surface area contributed by atoms with Crippen LogP contribution in [0.25, 0.3) is 0 Å².